The van der Waals surface area contributed by atoms with Gasteiger partial charge in [-0.05, 0) is 36.4 Å². The van der Waals surface area contributed by atoms with Crippen LogP contribution in [-0.4, -0.2) is 32.7 Å². The summed E-state index contributed by atoms with van der Waals surface area (Å²) in [4.78, 5) is 13.1. The molecule has 2 N–H and O–H groups in total. The van der Waals surface area contributed by atoms with Gasteiger partial charge in [0, 0.05) is 17.1 Å². The van der Waals surface area contributed by atoms with Crippen molar-refractivity contribution in [1.29, 1.82) is 0 Å². The predicted octanol–water partition coefficient (Wildman–Crippen LogP) is 2.26. The predicted molar refractivity (Wildman–Crippen MR) is 93.3 cm³/mol. The number of ether oxygens (including phenoxy) is 1. The fourth-order valence-electron chi connectivity index (χ4n) is 2.18. The average Bonchev–Trinajstić information content (AvgIpc) is 2.55. The van der Waals surface area contributed by atoms with Crippen molar-refractivity contribution >= 4 is 23.2 Å². The van der Waals surface area contributed by atoms with Crippen LogP contribution in [0, 0.1) is 0 Å². The second-order valence-corrected chi connectivity index (χ2v) is 5.89. The number of nitrogens with one attached hydrogen (secondary N) is 2. The smallest absolute Gasteiger partial charge is 0.279 e. The lowest BCUT2D eigenvalue weighted by Crippen LogP contribution is -3.10. The van der Waals surface area contributed by atoms with E-state index in [-0.39, 0.29) is 5.91 Å². The van der Waals surface area contributed by atoms with Gasteiger partial charge in [0.1, 0.15) is 5.75 Å². The molecular formula is C18H22ClN2O2+. The molecule has 5 heteroatoms. The Morgan fingerprint density at radius 3 is 2.52 bits per heavy atom. The summed E-state index contributed by atoms with van der Waals surface area (Å²) in [7, 11) is 2.00. The molecule has 0 aliphatic rings. The van der Waals surface area contributed by atoms with Crippen molar-refractivity contribution < 1.29 is 14.4 Å². The van der Waals surface area contributed by atoms with E-state index in [1.54, 1.807) is 24.3 Å². The maximum absolute atomic E-state index is 12.0. The van der Waals surface area contributed by atoms with Crippen molar-refractivity contribution in [2.75, 3.05) is 32.1 Å². The largest absolute Gasteiger partial charge is 0.493 e. The number of halogens is 1. The van der Waals surface area contributed by atoms with E-state index in [0.717, 1.165) is 29.3 Å². The van der Waals surface area contributed by atoms with Gasteiger partial charge in [-0.1, -0.05) is 29.8 Å². The minimum atomic E-state index is -0.00574. The van der Waals surface area contributed by atoms with E-state index in [4.69, 9.17) is 16.3 Å². The molecular weight excluding hydrogens is 312 g/mol. The van der Waals surface area contributed by atoms with Gasteiger partial charge in [-0.15, -0.1) is 0 Å². The number of benzene rings is 2. The van der Waals surface area contributed by atoms with Crippen LogP contribution in [-0.2, 0) is 4.79 Å². The number of quaternary nitrogens is 1. The Bertz CT molecular complexity index is 602. The summed E-state index contributed by atoms with van der Waals surface area (Å²) < 4.78 is 5.64. The molecule has 0 aliphatic carbocycles. The molecule has 0 bridgehead atoms. The third kappa shape index (κ3) is 6.72. The molecule has 2 aromatic rings. The van der Waals surface area contributed by atoms with Gasteiger partial charge in [0.05, 0.1) is 20.2 Å². The standard InChI is InChI=1S/C18H21ClN2O2/c1-21(12-5-13-23-17-6-3-2-4-7-17)14-18(22)20-16-10-8-15(19)9-11-16/h2-4,6-11H,5,12-14H2,1H3,(H,20,22)/p+1. The third-order valence-electron chi connectivity index (χ3n) is 3.35. The van der Waals surface area contributed by atoms with Crippen molar-refractivity contribution in [2.24, 2.45) is 0 Å². The molecule has 0 saturated carbocycles. The zero-order chi connectivity index (χ0) is 16.5. The van der Waals surface area contributed by atoms with Gasteiger partial charge in [-0.3, -0.25) is 4.79 Å². The number of carbonyl (C=O) groups excluding carboxylic acids is 1. The molecule has 0 heterocycles. The van der Waals surface area contributed by atoms with Gasteiger partial charge in [0.2, 0.25) is 0 Å². The maximum Gasteiger partial charge on any atom is 0.279 e. The van der Waals surface area contributed by atoms with Gasteiger partial charge in [0.15, 0.2) is 6.54 Å². The van der Waals surface area contributed by atoms with Crippen LogP contribution >= 0.6 is 11.6 Å². The number of anilines is 1. The van der Waals surface area contributed by atoms with Crippen LogP contribution in [0.4, 0.5) is 5.69 Å². The molecule has 0 fully saturated rings. The first-order valence-corrected chi connectivity index (χ1v) is 8.06. The minimum Gasteiger partial charge on any atom is -0.493 e. The lowest BCUT2D eigenvalue weighted by molar-refractivity contribution is -0.871. The molecule has 0 saturated heterocycles. The zero-order valence-electron chi connectivity index (χ0n) is 13.2. The minimum absolute atomic E-state index is 0.00574. The van der Waals surface area contributed by atoms with Gasteiger partial charge < -0.3 is 15.0 Å². The number of carbonyl (C=O) groups is 1. The molecule has 2 aromatic carbocycles. The summed E-state index contributed by atoms with van der Waals surface area (Å²) in [6.07, 6.45) is 0.898. The van der Waals surface area contributed by atoms with Gasteiger partial charge in [-0.25, -0.2) is 0 Å². The Hall–Kier alpha value is -2.04. The fraction of sp³-hybridized carbons (Fsp3) is 0.278. The SMILES string of the molecule is C[NH+](CCCOc1ccccc1)CC(=O)Nc1ccc(Cl)cc1. The molecule has 1 unspecified atom stereocenters. The fourth-order valence-corrected chi connectivity index (χ4v) is 2.31. The van der Waals surface area contributed by atoms with E-state index in [2.05, 4.69) is 5.32 Å². The van der Waals surface area contributed by atoms with Crippen molar-refractivity contribution in [3.05, 3.63) is 59.6 Å². The molecule has 1 atom stereocenters. The molecule has 0 aromatic heterocycles. The summed E-state index contributed by atoms with van der Waals surface area (Å²) in [5.41, 5.74) is 0.764. The topological polar surface area (TPSA) is 42.8 Å². The highest BCUT2D eigenvalue weighted by atomic mass is 35.5. The number of amides is 1. The second-order valence-electron chi connectivity index (χ2n) is 5.45. The molecule has 0 radical (unpaired) electrons. The molecule has 23 heavy (non-hydrogen) atoms. The van der Waals surface area contributed by atoms with Crippen LogP contribution in [0.5, 0.6) is 5.75 Å². The monoisotopic (exact) mass is 333 g/mol. The van der Waals surface area contributed by atoms with Crippen molar-refractivity contribution in [1.82, 2.24) is 0 Å². The first-order chi connectivity index (χ1) is 11.1. The Labute approximate surface area is 142 Å². The number of rotatable bonds is 8. The quantitative estimate of drug-likeness (QED) is 0.728. The molecule has 0 aliphatic heterocycles. The lowest BCUT2D eigenvalue weighted by Gasteiger charge is -2.14. The number of para-hydroxylation sites is 1. The highest BCUT2D eigenvalue weighted by molar-refractivity contribution is 6.30. The van der Waals surface area contributed by atoms with Crippen LogP contribution < -0.4 is 15.0 Å². The third-order valence-corrected chi connectivity index (χ3v) is 3.60. The molecule has 1 amide bonds. The number of hydrogen-bond acceptors (Lipinski definition) is 2. The Balaban J connectivity index is 1.63. The van der Waals surface area contributed by atoms with Gasteiger partial charge in [0.25, 0.3) is 5.91 Å². The number of likely N-dealkylation sites (N-methyl/N-ethyl adjacent to an activating group) is 1. The van der Waals surface area contributed by atoms with Gasteiger partial charge in [-0.2, -0.15) is 0 Å². The lowest BCUT2D eigenvalue weighted by atomic mass is 10.3. The summed E-state index contributed by atoms with van der Waals surface area (Å²) in [5.74, 6) is 0.874. The van der Waals surface area contributed by atoms with Crippen LogP contribution in [0.1, 0.15) is 6.42 Å². The molecule has 2 rings (SSSR count). The van der Waals surface area contributed by atoms with Crippen LogP contribution in [0.25, 0.3) is 0 Å². The Morgan fingerprint density at radius 2 is 1.83 bits per heavy atom. The summed E-state index contributed by atoms with van der Waals surface area (Å²) in [5, 5.41) is 3.52. The molecule has 122 valence electrons. The average molecular weight is 334 g/mol. The first kappa shape index (κ1) is 17.3. The van der Waals surface area contributed by atoms with E-state index in [9.17, 15) is 4.79 Å². The van der Waals surface area contributed by atoms with E-state index >= 15 is 0 Å². The highest BCUT2D eigenvalue weighted by Crippen LogP contribution is 2.12. The van der Waals surface area contributed by atoms with Crippen molar-refractivity contribution in [2.45, 2.75) is 6.42 Å². The van der Waals surface area contributed by atoms with Crippen molar-refractivity contribution in [3.8, 4) is 5.75 Å². The highest BCUT2D eigenvalue weighted by Gasteiger charge is 2.10. The van der Waals surface area contributed by atoms with Crippen LogP contribution in [0.15, 0.2) is 54.6 Å². The van der Waals surface area contributed by atoms with E-state index in [0.29, 0.717) is 18.2 Å². The summed E-state index contributed by atoms with van der Waals surface area (Å²) >= 11 is 5.82. The number of hydrogen-bond donors (Lipinski definition) is 2. The van der Waals surface area contributed by atoms with Gasteiger partial charge >= 0.3 is 0 Å². The second kappa shape index (κ2) is 9.18. The van der Waals surface area contributed by atoms with E-state index in [1.165, 1.54) is 0 Å². The van der Waals surface area contributed by atoms with E-state index < -0.39 is 0 Å². The van der Waals surface area contributed by atoms with E-state index in [1.807, 2.05) is 37.4 Å². The maximum atomic E-state index is 12.0. The molecule has 0 spiro atoms. The Morgan fingerprint density at radius 1 is 1.13 bits per heavy atom. The summed E-state index contributed by atoms with van der Waals surface area (Å²) in [6.45, 7) is 1.95. The molecule has 4 nitrogen and oxygen atoms in total. The Kier molecular flexibility index (Phi) is 6.91. The summed E-state index contributed by atoms with van der Waals surface area (Å²) in [6, 6.07) is 16.9. The first-order valence-electron chi connectivity index (χ1n) is 7.68. The zero-order valence-corrected chi connectivity index (χ0v) is 14.0. The van der Waals surface area contributed by atoms with Crippen LogP contribution in [0.3, 0.4) is 0 Å². The van der Waals surface area contributed by atoms with Crippen LogP contribution in [0.2, 0.25) is 5.02 Å². The normalized spacial score (nSPS) is 11.7. The van der Waals surface area contributed by atoms with Crippen molar-refractivity contribution in [3.63, 3.8) is 0 Å².